The molecule has 0 bridgehead atoms. The third kappa shape index (κ3) is 1.34. The van der Waals surface area contributed by atoms with Gasteiger partial charge in [-0.05, 0) is 19.1 Å². The Morgan fingerprint density at radius 3 is 2.71 bits per heavy atom. The van der Waals surface area contributed by atoms with Gasteiger partial charge in [0, 0.05) is 7.05 Å². The molecule has 5 nitrogen and oxygen atoms in total. The molecule has 0 unspecified atom stereocenters. The molecule has 0 aliphatic heterocycles. The predicted octanol–water partition coefficient (Wildman–Crippen LogP) is 1.49. The quantitative estimate of drug-likeness (QED) is 0.724. The van der Waals surface area contributed by atoms with Crippen LogP contribution in [0.15, 0.2) is 0 Å². The minimum atomic E-state index is 0.548. The van der Waals surface area contributed by atoms with E-state index < -0.39 is 0 Å². The molecular weight excluding hydrogens is 218 g/mol. The van der Waals surface area contributed by atoms with Gasteiger partial charge in [-0.25, -0.2) is 4.98 Å². The normalized spacial score (nSPS) is 10.7. The number of aryl methyl sites for hydroxylation is 1. The van der Waals surface area contributed by atoms with E-state index in [0.717, 1.165) is 16.4 Å². The summed E-state index contributed by atoms with van der Waals surface area (Å²) in [7, 11) is 1.86. The van der Waals surface area contributed by atoms with Gasteiger partial charge in [0.1, 0.15) is 0 Å². The number of hydrogen-bond donors (Lipinski definition) is 2. The van der Waals surface area contributed by atoms with Crippen molar-refractivity contribution in [1.82, 2.24) is 19.7 Å². The average Bonchev–Trinajstić information content (AvgIpc) is 2.59. The summed E-state index contributed by atoms with van der Waals surface area (Å²) in [6, 6.07) is 0. The summed E-state index contributed by atoms with van der Waals surface area (Å²) in [5.41, 5.74) is 6.49. The number of hydrogen-bond acceptors (Lipinski definition) is 5. The third-order valence-corrected chi connectivity index (χ3v) is 3.24. The van der Waals surface area contributed by atoms with E-state index >= 15 is 0 Å². The SMILES string of the molecule is Cc1nc(N)sc1-c1n[nH]c(=S)n1C. The summed E-state index contributed by atoms with van der Waals surface area (Å²) in [4.78, 5) is 5.09. The van der Waals surface area contributed by atoms with Crippen molar-refractivity contribution in [3.8, 4) is 10.7 Å². The van der Waals surface area contributed by atoms with Crippen molar-refractivity contribution in [2.45, 2.75) is 6.92 Å². The molecular formula is C7H9N5S2. The van der Waals surface area contributed by atoms with Crippen LogP contribution in [0.2, 0.25) is 0 Å². The van der Waals surface area contributed by atoms with E-state index in [0.29, 0.717) is 9.90 Å². The number of nitrogens with two attached hydrogens (primary N) is 1. The number of rotatable bonds is 1. The number of nitrogens with zero attached hydrogens (tertiary/aromatic N) is 3. The van der Waals surface area contributed by atoms with Crippen LogP contribution in [-0.2, 0) is 7.05 Å². The lowest BCUT2D eigenvalue weighted by Crippen LogP contribution is -1.91. The second-order valence-electron chi connectivity index (χ2n) is 2.88. The first-order valence-corrected chi connectivity index (χ1v) is 5.16. The minimum Gasteiger partial charge on any atom is -0.375 e. The monoisotopic (exact) mass is 227 g/mol. The van der Waals surface area contributed by atoms with Crippen molar-refractivity contribution in [1.29, 1.82) is 0 Å². The molecule has 2 heterocycles. The highest BCUT2D eigenvalue weighted by molar-refractivity contribution is 7.71. The fourth-order valence-electron chi connectivity index (χ4n) is 1.17. The van der Waals surface area contributed by atoms with Crippen LogP contribution < -0.4 is 5.73 Å². The number of nitrogen functional groups attached to an aromatic ring is 1. The molecule has 0 aliphatic carbocycles. The Bertz CT molecular complexity index is 520. The Balaban J connectivity index is 2.65. The van der Waals surface area contributed by atoms with Crippen LogP contribution in [0.5, 0.6) is 0 Å². The van der Waals surface area contributed by atoms with Crippen molar-refractivity contribution in [3.05, 3.63) is 10.5 Å². The van der Waals surface area contributed by atoms with E-state index in [-0.39, 0.29) is 0 Å². The molecule has 7 heteroatoms. The molecule has 0 spiro atoms. The maximum atomic E-state index is 5.61. The van der Waals surface area contributed by atoms with Crippen LogP contribution in [0.1, 0.15) is 5.69 Å². The molecule has 2 rings (SSSR count). The van der Waals surface area contributed by atoms with Crippen LogP contribution in [0.25, 0.3) is 10.7 Å². The van der Waals surface area contributed by atoms with E-state index in [1.165, 1.54) is 11.3 Å². The van der Waals surface area contributed by atoms with Crippen molar-refractivity contribution in [2.24, 2.45) is 7.05 Å². The molecule has 74 valence electrons. The molecule has 0 radical (unpaired) electrons. The first kappa shape index (κ1) is 9.35. The highest BCUT2D eigenvalue weighted by atomic mass is 32.1. The number of thiazole rings is 1. The molecule has 0 aromatic carbocycles. The molecule has 0 saturated carbocycles. The van der Waals surface area contributed by atoms with E-state index in [4.69, 9.17) is 18.0 Å². The van der Waals surface area contributed by atoms with Crippen molar-refractivity contribution in [2.75, 3.05) is 5.73 Å². The molecule has 0 aliphatic rings. The lowest BCUT2D eigenvalue weighted by atomic mass is 10.4. The van der Waals surface area contributed by atoms with E-state index in [2.05, 4.69) is 15.2 Å². The zero-order valence-electron chi connectivity index (χ0n) is 7.74. The Kier molecular flexibility index (Phi) is 2.12. The van der Waals surface area contributed by atoms with E-state index in [1.807, 2.05) is 14.0 Å². The van der Waals surface area contributed by atoms with Crippen molar-refractivity contribution in [3.63, 3.8) is 0 Å². The predicted molar refractivity (Wildman–Crippen MR) is 58.7 cm³/mol. The van der Waals surface area contributed by atoms with Gasteiger partial charge in [0.05, 0.1) is 10.6 Å². The van der Waals surface area contributed by atoms with Crippen LogP contribution in [0, 0.1) is 11.7 Å². The maximum Gasteiger partial charge on any atom is 0.195 e. The zero-order chi connectivity index (χ0) is 10.3. The molecule has 2 aromatic heterocycles. The molecule has 0 fully saturated rings. The van der Waals surface area contributed by atoms with Gasteiger partial charge in [-0.3, -0.25) is 5.10 Å². The number of anilines is 1. The highest BCUT2D eigenvalue weighted by Gasteiger charge is 2.12. The number of aromatic amines is 1. The van der Waals surface area contributed by atoms with Crippen LogP contribution in [-0.4, -0.2) is 19.7 Å². The largest absolute Gasteiger partial charge is 0.375 e. The van der Waals surface area contributed by atoms with Gasteiger partial charge >= 0.3 is 0 Å². The topological polar surface area (TPSA) is 72.5 Å². The van der Waals surface area contributed by atoms with Gasteiger partial charge in [-0.2, -0.15) is 5.10 Å². The Labute approximate surface area is 89.6 Å². The maximum absolute atomic E-state index is 5.61. The lowest BCUT2D eigenvalue weighted by molar-refractivity contribution is 0.902. The van der Waals surface area contributed by atoms with Crippen molar-refractivity contribution >= 4 is 28.7 Å². The summed E-state index contributed by atoms with van der Waals surface area (Å²) in [5, 5.41) is 7.39. The van der Waals surface area contributed by atoms with Crippen molar-refractivity contribution < 1.29 is 0 Å². The summed E-state index contributed by atoms with van der Waals surface area (Å²) in [6.07, 6.45) is 0. The highest BCUT2D eigenvalue weighted by Crippen LogP contribution is 2.29. The van der Waals surface area contributed by atoms with Gasteiger partial charge in [0.2, 0.25) is 0 Å². The average molecular weight is 227 g/mol. The molecule has 3 N–H and O–H groups in total. The van der Waals surface area contributed by atoms with Gasteiger partial charge in [-0.15, -0.1) is 0 Å². The summed E-state index contributed by atoms with van der Waals surface area (Å²) < 4.78 is 2.39. The van der Waals surface area contributed by atoms with Gasteiger partial charge in [-0.1, -0.05) is 11.3 Å². The van der Waals surface area contributed by atoms with Crippen LogP contribution >= 0.6 is 23.6 Å². The summed E-state index contributed by atoms with van der Waals surface area (Å²) in [5.74, 6) is 0.779. The number of aromatic nitrogens is 4. The standard InChI is InChI=1S/C7H9N5S2/c1-3-4(14-6(8)9-3)5-10-11-7(13)12(5)2/h1-2H3,(H2,8,9)(H,11,13). The number of nitrogens with one attached hydrogen (secondary N) is 1. The zero-order valence-corrected chi connectivity index (χ0v) is 9.37. The summed E-state index contributed by atoms with van der Waals surface area (Å²) >= 11 is 6.43. The van der Waals surface area contributed by atoms with E-state index in [9.17, 15) is 0 Å². The van der Waals surface area contributed by atoms with Crippen LogP contribution in [0.4, 0.5) is 5.13 Å². The third-order valence-electron chi connectivity index (χ3n) is 1.90. The Hall–Kier alpha value is -1.21. The fraction of sp³-hybridized carbons (Fsp3) is 0.286. The van der Waals surface area contributed by atoms with Crippen LogP contribution in [0.3, 0.4) is 0 Å². The minimum absolute atomic E-state index is 0.548. The molecule has 0 amide bonds. The molecule has 2 aromatic rings. The first-order valence-electron chi connectivity index (χ1n) is 3.94. The summed E-state index contributed by atoms with van der Waals surface area (Å²) in [6.45, 7) is 1.90. The Morgan fingerprint density at radius 2 is 2.29 bits per heavy atom. The van der Waals surface area contributed by atoms with Gasteiger partial charge < -0.3 is 10.3 Å². The Morgan fingerprint density at radius 1 is 1.57 bits per heavy atom. The van der Waals surface area contributed by atoms with E-state index in [1.54, 1.807) is 4.57 Å². The smallest absolute Gasteiger partial charge is 0.195 e. The fourth-order valence-corrected chi connectivity index (χ4v) is 2.17. The molecule has 0 saturated heterocycles. The second-order valence-corrected chi connectivity index (χ2v) is 4.30. The lowest BCUT2D eigenvalue weighted by Gasteiger charge is -1.95. The first-order chi connectivity index (χ1) is 6.59. The molecule has 0 atom stereocenters. The van der Waals surface area contributed by atoms with Gasteiger partial charge in [0.25, 0.3) is 0 Å². The van der Waals surface area contributed by atoms with Gasteiger partial charge in [0.15, 0.2) is 15.7 Å². The number of H-pyrrole nitrogens is 1. The molecule has 14 heavy (non-hydrogen) atoms. The second kappa shape index (κ2) is 3.18.